The van der Waals surface area contributed by atoms with Crippen molar-refractivity contribution in [2.24, 2.45) is 0 Å². The number of ether oxygens (including phenoxy) is 2. The molecule has 0 unspecified atom stereocenters. The molecule has 1 aromatic heterocycles. The molecule has 0 radical (unpaired) electrons. The minimum atomic E-state index is -5.00. The number of halogens is 3. The van der Waals surface area contributed by atoms with E-state index in [-0.39, 0.29) is 41.0 Å². The lowest BCUT2D eigenvalue weighted by Gasteiger charge is -2.22. The van der Waals surface area contributed by atoms with E-state index in [1.165, 1.54) is 24.3 Å². The Labute approximate surface area is 222 Å². The summed E-state index contributed by atoms with van der Waals surface area (Å²) in [5.74, 6) is -2.68. The first kappa shape index (κ1) is 26.3. The number of hydrogen-bond acceptors (Lipinski definition) is 5. The monoisotopic (exact) mass is 537 g/mol. The number of nitrogens with one attached hydrogen (secondary N) is 1. The number of hydrogen-bond donors (Lipinski definition) is 1. The van der Waals surface area contributed by atoms with E-state index in [4.69, 9.17) is 13.9 Å². The summed E-state index contributed by atoms with van der Waals surface area (Å²) in [5, 5.41) is 2.79. The Balaban J connectivity index is 1.37. The standard InChI is InChI=1S/C30H26F3NO5/c31-30(32,33)29-28(38-22-13-11-20(12-14-22)19-7-3-1-4-8-19)27(36)24-16-15-23(17-25(24)39-29)37-18-26(35)34-21-9-5-2-6-10-21/h1,3-4,7-8,11-17,21H,2,5-6,9-10,18H2,(H,34,35). The van der Waals surface area contributed by atoms with Crippen LogP contribution >= 0.6 is 0 Å². The van der Waals surface area contributed by atoms with Crippen LogP contribution < -0.4 is 20.2 Å². The Bertz CT molecular complexity index is 1510. The van der Waals surface area contributed by atoms with Crippen LogP contribution in [0.5, 0.6) is 17.2 Å². The molecule has 1 saturated carbocycles. The lowest BCUT2D eigenvalue weighted by molar-refractivity contribution is -0.154. The number of amides is 1. The predicted octanol–water partition coefficient (Wildman–Crippen LogP) is 7.10. The van der Waals surface area contributed by atoms with E-state index < -0.39 is 23.1 Å². The molecule has 0 bridgehead atoms. The van der Waals surface area contributed by atoms with Crippen LogP contribution in [0.15, 0.2) is 82.0 Å². The van der Waals surface area contributed by atoms with Crippen LogP contribution in [0.4, 0.5) is 13.2 Å². The first-order valence-electron chi connectivity index (χ1n) is 12.7. The predicted molar refractivity (Wildman–Crippen MR) is 140 cm³/mol. The Morgan fingerprint density at radius 1 is 0.897 bits per heavy atom. The summed E-state index contributed by atoms with van der Waals surface area (Å²) in [4.78, 5) is 25.3. The zero-order chi connectivity index (χ0) is 27.4. The highest BCUT2D eigenvalue weighted by Gasteiger charge is 2.40. The molecule has 0 spiro atoms. The van der Waals surface area contributed by atoms with E-state index in [1.54, 1.807) is 12.1 Å². The highest BCUT2D eigenvalue weighted by Crippen LogP contribution is 2.39. The van der Waals surface area contributed by atoms with Gasteiger partial charge in [0.15, 0.2) is 6.61 Å². The van der Waals surface area contributed by atoms with Crippen LogP contribution in [-0.4, -0.2) is 18.6 Å². The molecule has 5 rings (SSSR count). The van der Waals surface area contributed by atoms with Crippen molar-refractivity contribution in [2.45, 2.75) is 44.3 Å². The zero-order valence-corrected chi connectivity index (χ0v) is 20.9. The van der Waals surface area contributed by atoms with E-state index in [0.717, 1.165) is 49.3 Å². The van der Waals surface area contributed by atoms with Crippen LogP contribution in [0.1, 0.15) is 37.9 Å². The SMILES string of the molecule is O=C(COc1ccc2c(=O)c(Oc3ccc(-c4ccccc4)cc3)c(C(F)(F)F)oc2c1)NC1CCCCC1. The normalized spacial score (nSPS) is 14.2. The van der Waals surface area contributed by atoms with Crippen molar-refractivity contribution in [3.63, 3.8) is 0 Å². The third kappa shape index (κ3) is 6.25. The summed E-state index contributed by atoms with van der Waals surface area (Å²) in [5.41, 5.74) is 0.459. The van der Waals surface area contributed by atoms with Gasteiger partial charge in [-0.15, -0.1) is 0 Å². The smallest absolute Gasteiger partial charge is 0.453 e. The van der Waals surface area contributed by atoms with Crippen LogP contribution in [0, 0.1) is 0 Å². The lowest BCUT2D eigenvalue weighted by atomic mass is 9.95. The number of alkyl halides is 3. The summed E-state index contributed by atoms with van der Waals surface area (Å²) >= 11 is 0. The third-order valence-corrected chi connectivity index (χ3v) is 6.60. The zero-order valence-electron chi connectivity index (χ0n) is 20.9. The first-order valence-corrected chi connectivity index (χ1v) is 12.7. The second-order valence-corrected chi connectivity index (χ2v) is 9.43. The van der Waals surface area contributed by atoms with Crippen LogP contribution in [0.3, 0.4) is 0 Å². The van der Waals surface area contributed by atoms with Crippen molar-refractivity contribution in [1.29, 1.82) is 0 Å². The van der Waals surface area contributed by atoms with E-state index in [0.29, 0.717) is 0 Å². The summed E-state index contributed by atoms with van der Waals surface area (Å²) in [7, 11) is 0. The average Bonchev–Trinajstić information content (AvgIpc) is 2.94. The Morgan fingerprint density at radius 2 is 1.56 bits per heavy atom. The molecule has 1 heterocycles. The maximum absolute atomic E-state index is 13.9. The fourth-order valence-corrected chi connectivity index (χ4v) is 4.65. The number of carbonyl (C=O) groups excluding carboxylic acids is 1. The lowest BCUT2D eigenvalue weighted by Crippen LogP contribution is -2.38. The van der Waals surface area contributed by atoms with Gasteiger partial charge in [-0.05, 0) is 48.2 Å². The minimum Gasteiger partial charge on any atom is -0.484 e. The molecular weight excluding hydrogens is 511 g/mol. The van der Waals surface area contributed by atoms with E-state index >= 15 is 0 Å². The maximum atomic E-state index is 13.9. The van der Waals surface area contributed by atoms with Gasteiger partial charge in [0.25, 0.3) is 11.7 Å². The van der Waals surface area contributed by atoms with Crippen molar-refractivity contribution >= 4 is 16.9 Å². The second kappa shape index (κ2) is 11.2. The molecule has 1 aliphatic carbocycles. The van der Waals surface area contributed by atoms with E-state index in [2.05, 4.69) is 5.32 Å². The molecule has 0 saturated heterocycles. The summed E-state index contributed by atoms with van der Waals surface area (Å²) in [6.45, 7) is -0.307. The molecule has 9 heteroatoms. The number of carbonyl (C=O) groups is 1. The second-order valence-electron chi connectivity index (χ2n) is 9.43. The van der Waals surface area contributed by atoms with Crippen LogP contribution in [-0.2, 0) is 11.0 Å². The quantitative estimate of drug-likeness (QED) is 0.272. The minimum absolute atomic E-state index is 0.0516. The van der Waals surface area contributed by atoms with Gasteiger partial charge in [0, 0.05) is 12.1 Å². The molecule has 1 aliphatic rings. The molecule has 39 heavy (non-hydrogen) atoms. The summed E-state index contributed by atoms with van der Waals surface area (Å²) in [6.07, 6.45) is 0.0919. The molecule has 3 aromatic carbocycles. The van der Waals surface area contributed by atoms with Gasteiger partial charge in [0.2, 0.25) is 11.2 Å². The van der Waals surface area contributed by atoms with Crippen molar-refractivity contribution in [3.05, 3.63) is 88.8 Å². The molecule has 0 atom stereocenters. The molecule has 202 valence electrons. The third-order valence-electron chi connectivity index (χ3n) is 6.60. The fraction of sp³-hybridized carbons (Fsp3) is 0.267. The molecule has 1 N–H and O–H groups in total. The van der Waals surface area contributed by atoms with Gasteiger partial charge in [-0.25, -0.2) is 0 Å². The summed E-state index contributed by atoms with van der Waals surface area (Å²) < 4.78 is 57.8. The van der Waals surface area contributed by atoms with Crippen LogP contribution in [0.2, 0.25) is 0 Å². The average molecular weight is 538 g/mol. The molecule has 0 aliphatic heterocycles. The van der Waals surface area contributed by atoms with Crippen molar-refractivity contribution in [1.82, 2.24) is 5.32 Å². The molecular formula is C30H26F3NO5. The summed E-state index contributed by atoms with van der Waals surface area (Å²) in [6, 6.07) is 19.7. The van der Waals surface area contributed by atoms with Gasteiger partial charge in [-0.2, -0.15) is 13.2 Å². The Hall–Kier alpha value is -4.27. The van der Waals surface area contributed by atoms with E-state index in [1.807, 2.05) is 30.3 Å². The Kier molecular flexibility index (Phi) is 7.58. The van der Waals surface area contributed by atoms with Crippen molar-refractivity contribution < 1.29 is 31.9 Å². The first-order chi connectivity index (χ1) is 18.8. The van der Waals surface area contributed by atoms with Gasteiger partial charge in [0.1, 0.15) is 17.1 Å². The van der Waals surface area contributed by atoms with Crippen molar-refractivity contribution in [2.75, 3.05) is 6.61 Å². The van der Waals surface area contributed by atoms with Crippen molar-refractivity contribution in [3.8, 4) is 28.4 Å². The highest BCUT2D eigenvalue weighted by atomic mass is 19.4. The molecule has 4 aromatic rings. The van der Waals surface area contributed by atoms with Crippen LogP contribution in [0.25, 0.3) is 22.1 Å². The highest BCUT2D eigenvalue weighted by molar-refractivity contribution is 5.81. The molecule has 6 nitrogen and oxygen atoms in total. The maximum Gasteiger partial charge on any atom is 0.453 e. The van der Waals surface area contributed by atoms with Gasteiger partial charge in [-0.1, -0.05) is 61.7 Å². The van der Waals surface area contributed by atoms with Gasteiger partial charge >= 0.3 is 6.18 Å². The van der Waals surface area contributed by atoms with Gasteiger partial charge in [0.05, 0.1) is 5.39 Å². The Morgan fingerprint density at radius 3 is 2.26 bits per heavy atom. The molecule has 1 amide bonds. The largest absolute Gasteiger partial charge is 0.484 e. The van der Waals surface area contributed by atoms with Gasteiger partial charge in [-0.3, -0.25) is 9.59 Å². The number of benzene rings is 3. The topological polar surface area (TPSA) is 77.8 Å². The van der Waals surface area contributed by atoms with E-state index in [9.17, 15) is 22.8 Å². The fourth-order valence-electron chi connectivity index (χ4n) is 4.65. The number of fused-ring (bicyclic) bond motifs is 1. The number of rotatable bonds is 7. The molecule has 1 fully saturated rings. The van der Waals surface area contributed by atoms with Gasteiger partial charge < -0.3 is 19.2 Å².